The maximum atomic E-state index is 12.8. The maximum Gasteiger partial charge on any atom is 0.391 e. The van der Waals surface area contributed by atoms with Crippen LogP contribution in [-0.2, 0) is 4.79 Å². The van der Waals surface area contributed by atoms with Crippen molar-refractivity contribution in [3.63, 3.8) is 0 Å². The largest absolute Gasteiger partial charge is 0.391 e. The molecule has 3 nitrogen and oxygen atoms in total. The Labute approximate surface area is 140 Å². The molecule has 0 saturated heterocycles. The molecule has 0 aromatic heterocycles. The molecular weight excluding hydrogens is 329 g/mol. The van der Waals surface area contributed by atoms with Gasteiger partial charge in [-0.15, -0.1) is 12.4 Å². The van der Waals surface area contributed by atoms with Gasteiger partial charge in [0.15, 0.2) is 0 Å². The number of rotatable bonds is 4. The summed E-state index contributed by atoms with van der Waals surface area (Å²) < 4.78 is 38.3. The van der Waals surface area contributed by atoms with Gasteiger partial charge in [0.2, 0.25) is 5.91 Å². The molecule has 1 aromatic carbocycles. The van der Waals surface area contributed by atoms with Gasteiger partial charge in [-0.1, -0.05) is 36.8 Å². The normalized spacial score (nSPS) is 22.8. The van der Waals surface area contributed by atoms with Crippen LogP contribution in [0.5, 0.6) is 0 Å². The summed E-state index contributed by atoms with van der Waals surface area (Å²) in [4.78, 5) is 12.0. The summed E-state index contributed by atoms with van der Waals surface area (Å²) in [5.74, 6) is -1.60. The first-order chi connectivity index (χ1) is 10.4. The summed E-state index contributed by atoms with van der Waals surface area (Å²) >= 11 is 0. The van der Waals surface area contributed by atoms with Crippen molar-refractivity contribution >= 4 is 18.3 Å². The predicted octanol–water partition coefficient (Wildman–Crippen LogP) is 3.74. The van der Waals surface area contributed by atoms with E-state index in [1.807, 2.05) is 30.3 Å². The van der Waals surface area contributed by atoms with Crippen LogP contribution in [0.2, 0.25) is 0 Å². The minimum Gasteiger partial charge on any atom is -0.353 e. The van der Waals surface area contributed by atoms with Crippen LogP contribution < -0.4 is 11.1 Å². The van der Waals surface area contributed by atoms with Gasteiger partial charge in [-0.25, -0.2) is 0 Å². The lowest BCUT2D eigenvalue weighted by molar-refractivity contribution is -0.184. The van der Waals surface area contributed by atoms with Crippen molar-refractivity contribution in [2.45, 2.75) is 50.4 Å². The molecule has 0 aliphatic heterocycles. The Hall–Kier alpha value is -1.27. The van der Waals surface area contributed by atoms with Gasteiger partial charge < -0.3 is 11.1 Å². The molecule has 0 bridgehead atoms. The summed E-state index contributed by atoms with van der Waals surface area (Å²) in [5.41, 5.74) is 6.80. The number of nitrogens with two attached hydrogens (primary N) is 1. The highest BCUT2D eigenvalue weighted by Crippen LogP contribution is 2.37. The van der Waals surface area contributed by atoms with Gasteiger partial charge in [0.05, 0.1) is 5.92 Å². The summed E-state index contributed by atoms with van der Waals surface area (Å²) in [6.45, 7) is 0. The van der Waals surface area contributed by atoms with Gasteiger partial charge in [0.1, 0.15) is 0 Å². The van der Waals surface area contributed by atoms with Gasteiger partial charge in [0.25, 0.3) is 0 Å². The second kappa shape index (κ2) is 8.55. The van der Waals surface area contributed by atoms with E-state index in [2.05, 4.69) is 5.32 Å². The SMILES string of the molecule is Cl.NC(CC(=O)NC1CCCC(C(F)(F)F)C1)c1ccccc1. The van der Waals surface area contributed by atoms with Crippen molar-refractivity contribution in [3.8, 4) is 0 Å². The number of hydrogen-bond acceptors (Lipinski definition) is 2. The molecule has 1 aromatic rings. The van der Waals surface area contributed by atoms with Crippen molar-refractivity contribution in [2.75, 3.05) is 0 Å². The number of hydrogen-bond donors (Lipinski definition) is 2. The van der Waals surface area contributed by atoms with E-state index in [1.165, 1.54) is 0 Å². The molecule has 2 rings (SSSR count). The lowest BCUT2D eigenvalue weighted by Crippen LogP contribution is -2.42. The molecule has 1 fully saturated rings. The van der Waals surface area contributed by atoms with Crippen LogP contribution >= 0.6 is 12.4 Å². The molecule has 1 aliphatic carbocycles. The molecule has 0 spiro atoms. The molecule has 3 atom stereocenters. The van der Waals surface area contributed by atoms with E-state index in [0.717, 1.165) is 5.56 Å². The Morgan fingerprint density at radius 1 is 1.26 bits per heavy atom. The second-order valence-corrected chi connectivity index (χ2v) is 5.89. The average molecular weight is 351 g/mol. The molecule has 130 valence electrons. The van der Waals surface area contributed by atoms with Crippen molar-refractivity contribution < 1.29 is 18.0 Å². The number of amides is 1. The van der Waals surface area contributed by atoms with Gasteiger partial charge in [-0.3, -0.25) is 4.79 Å². The number of carbonyl (C=O) groups is 1. The molecule has 3 N–H and O–H groups in total. The summed E-state index contributed by atoms with van der Waals surface area (Å²) in [7, 11) is 0. The van der Waals surface area contributed by atoms with E-state index in [-0.39, 0.29) is 37.6 Å². The van der Waals surface area contributed by atoms with Gasteiger partial charge in [-0.05, 0) is 24.8 Å². The second-order valence-electron chi connectivity index (χ2n) is 5.89. The summed E-state index contributed by atoms with van der Waals surface area (Å²) in [6.07, 6.45) is -2.89. The van der Waals surface area contributed by atoms with Crippen LogP contribution in [0.4, 0.5) is 13.2 Å². The molecule has 0 radical (unpaired) electrons. The fraction of sp³-hybridized carbons (Fsp3) is 0.562. The van der Waals surface area contributed by atoms with Gasteiger partial charge in [0, 0.05) is 18.5 Å². The zero-order valence-corrected chi connectivity index (χ0v) is 13.5. The van der Waals surface area contributed by atoms with Crippen LogP contribution in [0.1, 0.15) is 43.7 Å². The van der Waals surface area contributed by atoms with Crippen molar-refractivity contribution in [1.29, 1.82) is 0 Å². The minimum absolute atomic E-state index is 0. The Balaban J connectivity index is 0.00000264. The first kappa shape index (κ1) is 19.8. The monoisotopic (exact) mass is 350 g/mol. The fourth-order valence-electron chi connectivity index (χ4n) is 2.92. The van der Waals surface area contributed by atoms with Crippen LogP contribution in [-0.4, -0.2) is 18.1 Å². The molecule has 1 aliphatic rings. The number of carbonyl (C=O) groups excluding carboxylic acids is 1. The zero-order chi connectivity index (χ0) is 16.2. The van der Waals surface area contributed by atoms with Gasteiger partial charge in [-0.2, -0.15) is 13.2 Å². The summed E-state index contributed by atoms with van der Waals surface area (Å²) in [6, 6.07) is 8.34. The smallest absolute Gasteiger partial charge is 0.353 e. The predicted molar refractivity (Wildman–Crippen MR) is 85.2 cm³/mol. The third-order valence-electron chi connectivity index (χ3n) is 4.14. The molecule has 0 heterocycles. The Bertz CT molecular complexity index is 496. The number of alkyl halides is 3. The lowest BCUT2D eigenvalue weighted by atomic mass is 9.85. The number of nitrogens with one attached hydrogen (secondary N) is 1. The minimum atomic E-state index is -4.18. The van der Waals surface area contributed by atoms with Crippen LogP contribution in [0.25, 0.3) is 0 Å². The van der Waals surface area contributed by atoms with Crippen LogP contribution in [0.3, 0.4) is 0 Å². The molecule has 3 unspecified atom stereocenters. The van der Waals surface area contributed by atoms with Crippen LogP contribution in [0.15, 0.2) is 30.3 Å². The highest BCUT2D eigenvalue weighted by atomic mass is 35.5. The number of halogens is 4. The quantitative estimate of drug-likeness (QED) is 0.869. The van der Waals surface area contributed by atoms with E-state index >= 15 is 0 Å². The van der Waals surface area contributed by atoms with E-state index in [4.69, 9.17) is 5.73 Å². The lowest BCUT2D eigenvalue weighted by Gasteiger charge is -2.31. The molecule has 1 saturated carbocycles. The Kier molecular flexibility index (Phi) is 7.35. The molecule has 23 heavy (non-hydrogen) atoms. The molecule has 7 heteroatoms. The third kappa shape index (κ3) is 6.03. The van der Waals surface area contributed by atoms with E-state index in [1.54, 1.807) is 0 Å². The Morgan fingerprint density at radius 3 is 2.52 bits per heavy atom. The molecule has 1 amide bonds. The topological polar surface area (TPSA) is 55.1 Å². The average Bonchev–Trinajstić information content (AvgIpc) is 2.47. The van der Waals surface area contributed by atoms with E-state index in [0.29, 0.717) is 12.8 Å². The summed E-state index contributed by atoms with van der Waals surface area (Å²) in [5, 5.41) is 2.70. The standard InChI is InChI=1S/C16H21F3N2O.ClH/c17-16(18,19)12-7-4-8-13(9-12)21-15(22)10-14(20)11-5-2-1-3-6-11;/h1-3,5-6,12-14H,4,7-10,20H2,(H,21,22);1H. The third-order valence-corrected chi connectivity index (χ3v) is 4.14. The first-order valence-corrected chi connectivity index (χ1v) is 7.53. The van der Waals surface area contributed by atoms with Crippen LogP contribution in [0, 0.1) is 5.92 Å². The highest BCUT2D eigenvalue weighted by molar-refractivity contribution is 5.85. The van der Waals surface area contributed by atoms with Crippen molar-refractivity contribution in [1.82, 2.24) is 5.32 Å². The Morgan fingerprint density at radius 2 is 1.91 bits per heavy atom. The number of benzene rings is 1. The highest BCUT2D eigenvalue weighted by Gasteiger charge is 2.42. The zero-order valence-electron chi connectivity index (χ0n) is 12.7. The first-order valence-electron chi connectivity index (χ1n) is 7.53. The van der Waals surface area contributed by atoms with Gasteiger partial charge >= 0.3 is 6.18 Å². The molecular formula is C16H22ClF3N2O. The van der Waals surface area contributed by atoms with E-state index < -0.39 is 24.2 Å². The fourth-order valence-corrected chi connectivity index (χ4v) is 2.92. The van der Waals surface area contributed by atoms with E-state index in [9.17, 15) is 18.0 Å². The van der Waals surface area contributed by atoms with Crippen molar-refractivity contribution in [3.05, 3.63) is 35.9 Å². The maximum absolute atomic E-state index is 12.8. The van der Waals surface area contributed by atoms with Crippen molar-refractivity contribution in [2.24, 2.45) is 11.7 Å².